The number of nitrogens with one attached hydrogen (secondary N) is 1. The molecule has 182 valence electrons. The maximum atomic E-state index is 14.9. The van der Waals surface area contributed by atoms with Gasteiger partial charge in [0.05, 0.1) is 18.7 Å². The van der Waals surface area contributed by atoms with E-state index in [0.717, 1.165) is 13.1 Å². The number of likely N-dealkylation sites (tertiary alicyclic amines) is 1. The smallest absolute Gasteiger partial charge is 0.354 e. The number of ether oxygens (including phenoxy) is 1. The summed E-state index contributed by atoms with van der Waals surface area (Å²) in [6.45, 7) is 9.37. The highest BCUT2D eigenvalue weighted by Gasteiger charge is 2.47. The molecule has 0 unspecified atom stereocenters. The van der Waals surface area contributed by atoms with E-state index in [1.807, 2.05) is 13.8 Å². The summed E-state index contributed by atoms with van der Waals surface area (Å²) in [6, 6.07) is 4.78. The van der Waals surface area contributed by atoms with Crippen molar-refractivity contribution in [2.75, 3.05) is 33.3 Å². The van der Waals surface area contributed by atoms with Gasteiger partial charge in [0, 0.05) is 29.9 Å². The van der Waals surface area contributed by atoms with Crippen LogP contribution in [-0.4, -0.2) is 70.8 Å². The second-order valence-electron chi connectivity index (χ2n) is 8.16. The Morgan fingerprint density at radius 2 is 1.85 bits per heavy atom. The minimum absolute atomic E-state index is 0.113. The number of likely N-dealkylation sites (N-methyl/N-ethyl adjacent to an activating group) is 1. The number of Topliss-reactive ketones (excluding diaryl/α,β-unsaturated/α-hetero) is 1. The van der Waals surface area contributed by atoms with Crippen molar-refractivity contribution >= 4 is 23.4 Å². The lowest BCUT2D eigenvalue weighted by Crippen LogP contribution is -2.38. The molecule has 2 aromatic rings. The van der Waals surface area contributed by atoms with Crippen LogP contribution in [0.15, 0.2) is 29.8 Å². The minimum Gasteiger partial charge on any atom is -0.507 e. The van der Waals surface area contributed by atoms with E-state index in [4.69, 9.17) is 4.74 Å². The predicted molar refractivity (Wildman–Crippen MR) is 125 cm³/mol. The molecule has 1 aromatic heterocycles. The zero-order valence-electron chi connectivity index (χ0n) is 20.1. The number of aryl methyl sites for hydroxylation is 1. The summed E-state index contributed by atoms with van der Waals surface area (Å²) >= 11 is 0. The van der Waals surface area contributed by atoms with Gasteiger partial charge in [-0.15, -0.1) is 0 Å². The number of aliphatic hydroxyl groups excluding tert-OH is 1. The molecule has 34 heavy (non-hydrogen) atoms. The third-order valence-electron chi connectivity index (χ3n) is 6.36. The number of carbonyl (C=O) groups is 3. The monoisotopic (exact) mass is 471 g/mol. The van der Waals surface area contributed by atoms with Crippen LogP contribution in [-0.2, 0) is 14.3 Å². The Balaban J connectivity index is 2.20. The van der Waals surface area contributed by atoms with Gasteiger partial charge in [-0.3, -0.25) is 9.59 Å². The Morgan fingerprint density at radius 3 is 2.44 bits per heavy atom. The number of ketones is 1. The van der Waals surface area contributed by atoms with E-state index in [2.05, 4.69) is 9.88 Å². The number of aromatic nitrogens is 1. The van der Waals surface area contributed by atoms with Gasteiger partial charge in [0.1, 0.15) is 17.3 Å². The molecule has 8 nitrogen and oxygen atoms in total. The molecular weight excluding hydrogens is 441 g/mol. The summed E-state index contributed by atoms with van der Waals surface area (Å²) < 4.78 is 19.7. The molecule has 0 bridgehead atoms. The van der Waals surface area contributed by atoms with Crippen LogP contribution in [0.1, 0.15) is 52.8 Å². The molecule has 1 saturated heterocycles. The van der Waals surface area contributed by atoms with E-state index in [9.17, 15) is 23.9 Å². The van der Waals surface area contributed by atoms with E-state index < -0.39 is 35.3 Å². The van der Waals surface area contributed by atoms with Gasteiger partial charge in [-0.2, -0.15) is 0 Å². The van der Waals surface area contributed by atoms with Crippen molar-refractivity contribution in [1.82, 2.24) is 14.8 Å². The number of halogens is 1. The van der Waals surface area contributed by atoms with Crippen molar-refractivity contribution in [2.45, 2.75) is 33.7 Å². The van der Waals surface area contributed by atoms with Gasteiger partial charge in [-0.25, -0.2) is 9.18 Å². The molecule has 1 aliphatic heterocycles. The Kier molecular flexibility index (Phi) is 7.56. The van der Waals surface area contributed by atoms with Gasteiger partial charge in [-0.05, 0) is 38.6 Å². The molecule has 1 aliphatic rings. The zero-order chi connectivity index (χ0) is 25.2. The van der Waals surface area contributed by atoms with Crippen molar-refractivity contribution in [1.29, 1.82) is 0 Å². The van der Waals surface area contributed by atoms with E-state index in [1.165, 1.54) is 30.2 Å². The second-order valence-corrected chi connectivity index (χ2v) is 8.16. The van der Waals surface area contributed by atoms with E-state index in [0.29, 0.717) is 17.8 Å². The van der Waals surface area contributed by atoms with Gasteiger partial charge in [0.2, 0.25) is 0 Å². The number of carbonyl (C=O) groups excluding carboxylic acids is 3. The molecule has 3 rings (SSSR count). The van der Waals surface area contributed by atoms with E-state index in [1.54, 1.807) is 19.9 Å². The molecular formula is C25H30FN3O5. The van der Waals surface area contributed by atoms with Gasteiger partial charge in [0.25, 0.3) is 11.7 Å². The summed E-state index contributed by atoms with van der Waals surface area (Å²) in [5.41, 5.74) is 1.02. The first-order valence-corrected chi connectivity index (χ1v) is 11.2. The number of aliphatic hydroxyl groups is 1. The molecule has 9 heteroatoms. The Morgan fingerprint density at radius 1 is 1.21 bits per heavy atom. The first kappa shape index (κ1) is 25.2. The molecule has 2 N–H and O–H groups in total. The fraction of sp³-hybridized carbons (Fsp3) is 0.400. The van der Waals surface area contributed by atoms with Gasteiger partial charge in [-0.1, -0.05) is 32.0 Å². The lowest BCUT2D eigenvalue weighted by atomic mass is 9.93. The summed E-state index contributed by atoms with van der Waals surface area (Å²) in [7, 11) is 1.23. The molecule has 0 radical (unpaired) electrons. The number of amides is 1. The number of nitrogens with zero attached hydrogens (tertiary/aromatic N) is 2. The highest BCUT2D eigenvalue weighted by atomic mass is 19.1. The van der Waals surface area contributed by atoms with Crippen LogP contribution < -0.4 is 0 Å². The van der Waals surface area contributed by atoms with Crippen molar-refractivity contribution in [3.05, 3.63) is 63.7 Å². The average Bonchev–Trinajstić information content (AvgIpc) is 3.26. The largest absolute Gasteiger partial charge is 0.507 e. The first-order valence-electron chi connectivity index (χ1n) is 11.2. The number of hydrogen-bond acceptors (Lipinski definition) is 6. The van der Waals surface area contributed by atoms with Crippen LogP contribution in [0.4, 0.5) is 4.39 Å². The van der Waals surface area contributed by atoms with Crippen LogP contribution in [0.2, 0.25) is 0 Å². The number of hydrogen-bond donors (Lipinski definition) is 2. The molecule has 2 heterocycles. The summed E-state index contributed by atoms with van der Waals surface area (Å²) in [5, 5.41) is 11.3. The first-order chi connectivity index (χ1) is 16.2. The molecule has 1 atom stereocenters. The normalized spacial score (nSPS) is 17.6. The van der Waals surface area contributed by atoms with Crippen molar-refractivity contribution < 1.29 is 28.6 Å². The molecule has 0 spiro atoms. The number of rotatable bonds is 8. The average molecular weight is 472 g/mol. The Hall–Kier alpha value is -3.46. The molecule has 1 amide bonds. The van der Waals surface area contributed by atoms with Crippen LogP contribution in [0.5, 0.6) is 0 Å². The van der Waals surface area contributed by atoms with Crippen molar-refractivity contribution in [3.63, 3.8) is 0 Å². The fourth-order valence-electron chi connectivity index (χ4n) is 4.47. The number of esters is 1. The van der Waals surface area contributed by atoms with Crippen LogP contribution in [0, 0.1) is 19.7 Å². The SMILES string of the molecule is CCN(CC)CCN1C(=O)C(=O)/C(=C(/O)c2c(C)[nH]c(C(=O)OC)c2C)[C@@H]1c1ccccc1F. The molecule has 1 aromatic carbocycles. The van der Waals surface area contributed by atoms with Gasteiger partial charge >= 0.3 is 5.97 Å². The number of H-pyrrole nitrogens is 1. The summed E-state index contributed by atoms with van der Waals surface area (Å²) in [5.74, 6) is -3.39. The maximum Gasteiger partial charge on any atom is 0.354 e. The lowest BCUT2D eigenvalue weighted by Gasteiger charge is -2.28. The van der Waals surface area contributed by atoms with E-state index >= 15 is 0 Å². The van der Waals surface area contributed by atoms with Gasteiger partial charge < -0.3 is 24.6 Å². The maximum absolute atomic E-state index is 14.9. The lowest BCUT2D eigenvalue weighted by molar-refractivity contribution is -0.140. The third kappa shape index (κ3) is 4.35. The molecule has 0 saturated carbocycles. The third-order valence-corrected chi connectivity index (χ3v) is 6.36. The predicted octanol–water partition coefficient (Wildman–Crippen LogP) is 3.32. The highest BCUT2D eigenvalue weighted by Crippen LogP contribution is 2.41. The molecule has 0 aliphatic carbocycles. The second kappa shape index (κ2) is 10.2. The molecule has 1 fully saturated rings. The fourth-order valence-corrected chi connectivity index (χ4v) is 4.47. The highest BCUT2D eigenvalue weighted by molar-refractivity contribution is 6.46. The van der Waals surface area contributed by atoms with Crippen molar-refractivity contribution in [3.8, 4) is 0 Å². The van der Waals surface area contributed by atoms with Crippen LogP contribution in [0.3, 0.4) is 0 Å². The Bertz CT molecular complexity index is 1150. The number of methoxy groups -OCH3 is 1. The quantitative estimate of drug-likeness (QED) is 0.265. The standard InChI is InChI=1S/C25H30FN3O5/c1-6-28(7-2)12-13-29-21(16-10-8-9-11-17(16)26)19(23(31)24(29)32)22(30)18-14(3)20(25(33)34-5)27-15(18)4/h8-11,21,27,30H,6-7,12-13H2,1-5H3/b22-19+/t21-/m0/s1. The van der Waals surface area contributed by atoms with Crippen LogP contribution >= 0.6 is 0 Å². The van der Waals surface area contributed by atoms with Crippen molar-refractivity contribution in [2.24, 2.45) is 0 Å². The van der Waals surface area contributed by atoms with Crippen LogP contribution in [0.25, 0.3) is 5.76 Å². The zero-order valence-corrected chi connectivity index (χ0v) is 20.1. The number of benzene rings is 1. The minimum atomic E-state index is -1.10. The summed E-state index contributed by atoms with van der Waals surface area (Å²) in [6.07, 6.45) is 0. The summed E-state index contributed by atoms with van der Waals surface area (Å²) in [4.78, 5) is 44.6. The van der Waals surface area contributed by atoms with E-state index in [-0.39, 0.29) is 28.9 Å². The van der Waals surface area contributed by atoms with Gasteiger partial charge in [0.15, 0.2) is 0 Å². The number of aromatic amines is 1. The topological polar surface area (TPSA) is 103 Å². The Labute approximate surface area is 198 Å².